The van der Waals surface area contributed by atoms with E-state index in [1.165, 1.54) is 16.8 Å². The van der Waals surface area contributed by atoms with Crippen molar-refractivity contribution >= 4 is 23.5 Å². The second-order valence-corrected chi connectivity index (χ2v) is 8.98. The fraction of sp³-hybridized carbons (Fsp3) is 0.320. The molecule has 0 aliphatic heterocycles. The smallest absolute Gasteiger partial charge is 0.335 e. The summed E-state index contributed by atoms with van der Waals surface area (Å²) in [5.74, 6) is -1.94. The minimum absolute atomic E-state index is 0.0815. The van der Waals surface area contributed by atoms with Crippen LogP contribution in [0.3, 0.4) is 0 Å². The molecule has 1 heterocycles. The topological polar surface area (TPSA) is 81.4 Å². The van der Waals surface area contributed by atoms with Crippen LogP contribution in [0, 0.1) is 5.82 Å². The van der Waals surface area contributed by atoms with Crippen molar-refractivity contribution < 1.29 is 23.8 Å². The zero-order chi connectivity index (χ0) is 23.3. The third-order valence-corrected chi connectivity index (χ3v) is 6.82. The van der Waals surface area contributed by atoms with Gasteiger partial charge in [-0.05, 0) is 61.4 Å². The number of ether oxygens (including phenoxy) is 1. The van der Waals surface area contributed by atoms with Crippen LogP contribution in [0.25, 0.3) is 11.3 Å². The molecule has 1 saturated carbocycles. The van der Waals surface area contributed by atoms with Gasteiger partial charge in [-0.3, -0.25) is 4.79 Å². The molecule has 5 rings (SSSR count). The van der Waals surface area contributed by atoms with Crippen molar-refractivity contribution in [2.24, 2.45) is 0 Å². The van der Waals surface area contributed by atoms with Crippen molar-refractivity contribution in [3.63, 3.8) is 0 Å². The Kier molecular flexibility index (Phi) is 5.54. The van der Waals surface area contributed by atoms with E-state index in [2.05, 4.69) is 5.10 Å². The van der Waals surface area contributed by atoms with E-state index in [0.29, 0.717) is 47.2 Å². The number of halogens is 2. The minimum Gasteiger partial charge on any atom is -0.478 e. The first-order chi connectivity index (χ1) is 15.9. The van der Waals surface area contributed by atoms with Crippen LogP contribution in [0.4, 0.5) is 4.39 Å². The van der Waals surface area contributed by atoms with Crippen molar-refractivity contribution in [2.75, 3.05) is 7.11 Å². The van der Waals surface area contributed by atoms with E-state index in [1.807, 2.05) is 12.1 Å². The van der Waals surface area contributed by atoms with Crippen LogP contribution in [-0.2, 0) is 17.6 Å². The van der Waals surface area contributed by atoms with Crippen LogP contribution in [0.2, 0.25) is 5.02 Å². The number of fused-ring (bicyclic) bond motifs is 1. The maximum Gasteiger partial charge on any atom is 0.335 e. The highest BCUT2D eigenvalue weighted by Crippen LogP contribution is 2.43. The summed E-state index contributed by atoms with van der Waals surface area (Å²) in [5.41, 5.74) is 3.16. The van der Waals surface area contributed by atoms with Gasteiger partial charge in [-0.2, -0.15) is 9.78 Å². The third kappa shape index (κ3) is 3.85. The van der Waals surface area contributed by atoms with Crippen molar-refractivity contribution in [3.05, 3.63) is 75.2 Å². The fourth-order valence-corrected chi connectivity index (χ4v) is 4.88. The summed E-state index contributed by atoms with van der Waals surface area (Å²) in [6.07, 6.45) is 3.68. The molecule has 0 saturated heterocycles. The Hall–Kier alpha value is -3.03. The average molecular weight is 469 g/mol. The molecule has 0 amide bonds. The van der Waals surface area contributed by atoms with E-state index >= 15 is 0 Å². The molecule has 6 nitrogen and oxygen atoms in total. The number of aromatic carboxylic acids is 1. The zero-order valence-corrected chi connectivity index (χ0v) is 18.7. The molecule has 2 aliphatic rings. The predicted molar refractivity (Wildman–Crippen MR) is 121 cm³/mol. The number of methoxy groups -OCH3 is 1. The Morgan fingerprint density at radius 2 is 2.00 bits per heavy atom. The number of nitrogens with zero attached hydrogens (tertiary/aromatic N) is 2. The number of carboxylic acid groups (broad SMARTS) is 1. The maximum atomic E-state index is 14.9. The molecule has 8 heteroatoms. The lowest BCUT2D eigenvalue weighted by Crippen LogP contribution is -2.26. The van der Waals surface area contributed by atoms with Crippen LogP contribution in [-0.4, -0.2) is 40.0 Å². The number of hydrogen-bond acceptors (Lipinski definition) is 4. The molecule has 33 heavy (non-hydrogen) atoms. The number of aromatic nitrogens is 2. The Morgan fingerprint density at radius 3 is 2.67 bits per heavy atom. The maximum absolute atomic E-state index is 14.9. The largest absolute Gasteiger partial charge is 0.478 e. The first kappa shape index (κ1) is 21.8. The van der Waals surface area contributed by atoms with Crippen LogP contribution < -0.4 is 0 Å². The number of benzene rings is 2. The van der Waals surface area contributed by atoms with Crippen molar-refractivity contribution in [1.82, 2.24) is 9.78 Å². The molecular weight excluding hydrogens is 447 g/mol. The summed E-state index contributed by atoms with van der Waals surface area (Å²) in [5, 5.41) is 14.1. The molecule has 0 radical (unpaired) electrons. The Morgan fingerprint density at radius 1 is 1.21 bits per heavy atom. The Balaban J connectivity index is 1.66. The number of rotatable bonds is 5. The van der Waals surface area contributed by atoms with E-state index < -0.39 is 11.8 Å². The molecule has 3 aromatic rings. The fourth-order valence-electron chi connectivity index (χ4n) is 4.61. The SMILES string of the molecule is COC1CCc2c(-c3ccc(C(=O)O)cc3F)nn(C(=O)c3c(Cl)cccc3C3CC3)c2C1. The molecule has 2 aromatic carbocycles. The van der Waals surface area contributed by atoms with Gasteiger partial charge in [0.2, 0.25) is 0 Å². The van der Waals surface area contributed by atoms with Crippen LogP contribution in [0.15, 0.2) is 36.4 Å². The molecule has 1 unspecified atom stereocenters. The van der Waals surface area contributed by atoms with E-state index in [0.717, 1.165) is 30.0 Å². The molecule has 2 aliphatic carbocycles. The quantitative estimate of drug-likeness (QED) is 0.562. The molecule has 1 atom stereocenters. The van der Waals surface area contributed by atoms with Crippen LogP contribution in [0.5, 0.6) is 0 Å². The first-order valence-corrected chi connectivity index (χ1v) is 11.3. The highest BCUT2D eigenvalue weighted by molar-refractivity contribution is 6.34. The second-order valence-electron chi connectivity index (χ2n) is 8.57. The second kappa shape index (κ2) is 8.39. The van der Waals surface area contributed by atoms with E-state index in [9.17, 15) is 14.0 Å². The molecule has 170 valence electrons. The summed E-state index contributed by atoms with van der Waals surface area (Å²) >= 11 is 6.48. The molecule has 1 aromatic heterocycles. The molecule has 1 N–H and O–H groups in total. The predicted octanol–water partition coefficient (Wildman–Crippen LogP) is 5.11. The highest BCUT2D eigenvalue weighted by Gasteiger charge is 2.34. The lowest BCUT2D eigenvalue weighted by atomic mass is 9.91. The number of hydrogen-bond donors (Lipinski definition) is 1. The Labute approximate surface area is 194 Å². The van der Waals surface area contributed by atoms with Gasteiger partial charge in [0.25, 0.3) is 5.91 Å². The average Bonchev–Trinajstić information content (AvgIpc) is 3.59. The molecule has 0 bridgehead atoms. The van der Waals surface area contributed by atoms with E-state index in [-0.39, 0.29) is 23.1 Å². The van der Waals surface area contributed by atoms with Gasteiger partial charge in [-0.25, -0.2) is 9.18 Å². The van der Waals surface area contributed by atoms with Gasteiger partial charge in [0.1, 0.15) is 5.82 Å². The van der Waals surface area contributed by atoms with Gasteiger partial charge in [0, 0.05) is 24.7 Å². The summed E-state index contributed by atoms with van der Waals surface area (Å²) in [4.78, 5) is 25.0. The van der Waals surface area contributed by atoms with Gasteiger partial charge in [-0.15, -0.1) is 0 Å². The highest BCUT2D eigenvalue weighted by atomic mass is 35.5. The zero-order valence-electron chi connectivity index (χ0n) is 18.0. The van der Waals surface area contributed by atoms with Gasteiger partial charge in [-0.1, -0.05) is 23.7 Å². The van der Waals surface area contributed by atoms with Crippen molar-refractivity contribution in [2.45, 2.75) is 44.1 Å². The molecular formula is C25H22ClFN2O4. The summed E-state index contributed by atoms with van der Waals surface area (Å²) in [6, 6.07) is 9.19. The number of carbonyl (C=O) groups excluding carboxylic acids is 1. The lowest BCUT2D eigenvalue weighted by Gasteiger charge is -2.22. The first-order valence-electron chi connectivity index (χ1n) is 10.9. The van der Waals surface area contributed by atoms with Gasteiger partial charge in [0.15, 0.2) is 0 Å². The normalized spacial score (nSPS) is 17.6. The van der Waals surface area contributed by atoms with Crippen molar-refractivity contribution in [3.8, 4) is 11.3 Å². The van der Waals surface area contributed by atoms with Crippen LogP contribution in [0.1, 0.15) is 62.7 Å². The van der Waals surface area contributed by atoms with Gasteiger partial charge < -0.3 is 9.84 Å². The molecule has 1 fully saturated rings. The summed E-state index contributed by atoms with van der Waals surface area (Å²) in [6.45, 7) is 0. The molecule has 0 spiro atoms. The minimum atomic E-state index is -1.21. The van der Waals surface area contributed by atoms with Gasteiger partial charge in [0.05, 0.1) is 33.6 Å². The number of carbonyl (C=O) groups is 2. The van der Waals surface area contributed by atoms with E-state index in [4.69, 9.17) is 21.4 Å². The standard InChI is InChI=1S/C25H22ClFN2O4/c1-33-15-8-10-18-21(12-15)29(24(30)22-16(13-5-6-13)3-2-4-19(22)26)28-23(18)17-9-7-14(25(31)32)11-20(17)27/h2-4,7,9,11,13,15H,5-6,8,10,12H2,1H3,(H,31,32). The monoisotopic (exact) mass is 468 g/mol. The van der Waals surface area contributed by atoms with Gasteiger partial charge >= 0.3 is 5.97 Å². The summed E-state index contributed by atoms with van der Waals surface area (Å²) < 4.78 is 21.8. The lowest BCUT2D eigenvalue weighted by molar-refractivity contribution is 0.0696. The Bertz CT molecular complexity index is 1280. The van der Waals surface area contributed by atoms with Crippen LogP contribution >= 0.6 is 11.6 Å². The third-order valence-electron chi connectivity index (χ3n) is 6.50. The van der Waals surface area contributed by atoms with E-state index in [1.54, 1.807) is 13.2 Å². The summed E-state index contributed by atoms with van der Waals surface area (Å²) in [7, 11) is 1.63. The number of carboxylic acids is 1. The van der Waals surface area contributed by atoms with Crippen molar-refractivity contribution in [1.29, 1.82) is 0 Å².